The van der Waals surface area contributed by atoms with Gasteiger partial charge in [0.1, 0.15) is 0 Å². The Labute approximate surface area is 109 Å². The molecule has 1 aliphatic carbocycles. The lowest BCUT2D eigenvalue weighted by atomic mass is 9.95. The summed E-state index contributed by atoms with van der Waals surface area (Å²) < 4.78 is 1.00. The van der Waals surface area contributed by atoms with Crippen LogP contribution in [-0.2, 0) is 4.79 Å². The molecule has 94 valence electrons. The van der Waals surface area contributed by atoms with Crippen LogP contribution in [0, 0.1) is 0 Å². The van der Waals surface area contributed by atoms with Crippen molar-refractivity contribution in [3.8, 4) is 0 Å². The van der Waals surface area contributed by atoms with Gasteiger partial charge in [0.25, 0.3) is 0 Å². The molecule has 4 nitrogen and oxygen atoms in total. The summed E-state index contributed by atoms with van der Waals surface area (Å²) >= 11 is 2.93. The maximum absolute atomic E-state index is 11.7. The number of hydrogen-bond acceptors (Lipinski definition) is 5. The van der Waals surface area contributed by atoms with E-state index in [2.05, 4.69) is 10.3 Å². The average molecular weight is 271 g/mol. The van der Waals surface area contributed by atoms with E-state index in [1.165, 1.54) is 42.4 Å². The highest BCUT2D eigenvalue weighted by molar-refractivity contribution is 8.01. The quantitative estimate of drug-likeness (QED) is 0.824. The molecule has 0 aromatic carbocycles. The highest BCUT2D eigenvalue weighted by Crippen LogP contribution is 2.26. The predicted molar refractivity (Wildman–Crippen MR) is 72.3 cm³/mol. The first-order valence-electron chi connectivity index (χ1n) is 5.87. The van der Waals surface area contributed by atoms with Crippen molar-refractivity contribution in [3.05, 3.63) is 6.20 Å². The van der Waals surface area contributed by atoms with Gasteiger partial charge >= 0.3 is 0 Å². The molecule has 0 aliphatic heterocycles. The van der Waals surface area contributed by atoms with Crippen LogP contribution >= 0.6 is 23.1 Å². The summed E-state index contributed by atoms with van der Waals surface area (Å²) in [6.07, 6.45) is 7.76. The highest BCUT2D eigenvalue weighted by Gasteiger charge is 2.15. The molecule has 1 aliphatic rings. The van der Waals surface area contributed by atoms with Crippen LogP contribution in [0.4, 0.5) is 5.13 Å². The molecule has 0 spiro atoms. The number of nitrogens with one attached hydrogen (secondary N) is 1. The molecule has 0 bridgehead atoms. The molecule has 2 rings (SSSR count). The molecular formula is C11H17N3OS2. The molecule has 0 unspecified atom stereocenters. The first kappa shape index (κ1) is 12.7. The standard InChI is InChI=1S/C11H17N3OS2/c12-11-13-6-10(17-11)16-7-9(15)14-8-4-2-1-3-5-8/h6,8H,1-5,7H2,(H2,12,13)(H,14,15). The Kier molecular flexibility index (Phi) is 4.67. The Bertz CT molecular complexity index is 375. The second-order valence-corrected chi connectivity index (χ2v) is 6.55. The first-order valence-corrected chi connectivity index (χ1v) is 7.68. The molecule has 6 heteroatoms. The smallest absolute Gasteiger partial charge is 0.230 e. The average Bonchev–Trinajstić information content (AvgIpc) is 2.74. The fourth-order valence-electron chi connectivity index (χ4n) is 1.99. The molecule has 1 fully saturated rings. The third-order valence-electron chi connectivity index (χ3n) is 2.82. The largest absolute Gasteiger partial charge is 0.375 e. The van der Waals surface area contributed by atoms with Crippen LogP contribution in [0.2, 0.25) is 0 Å². The van der Waals surface area contributed by atoms with Gasteiger partial charge in [-0.15, -0.1) is 11.8 Å². The monoisotopic (exact) mass is 271 g/mol. The zero-order valence-corrected chi connectivity index (χ0v) is 11.3. The van der Waals surface area contributed by atoms with Crippen LogP contribution in [0.1, 0.15) is 32.1 Å². The van der Waals surface area contributed by atoms with Crippen molar-refractivity contribution in [3.63, 3.8) is 0 Å². The van der Waals surface area contributed by atoms with E-state index >= 15 is 0 Å². The van der Waals surface area contributed by atoms with Gasteiger partial charge in [-0.3, -0.25) is 4.79 Å². The Morgan fingerprint density at radius 3 is 2.94 bits per heavy atom. The summed E-state index contributed by atoms with van der Waals surface area (Å²) in [5.41, 5.74) is 5.53. The van der Waals surface area contributed by atoms with Gasteiger partial charge in [0.2, 0.25) is 5.91 Å². The number of nitrogen functional groups attached to an aromatic ring is 1. The number of thioether (sulfide) groups is 1. The molecule has 17 heavy (non-hydrogen) atoms. The number of rotatable bonds is 4. The number of anilines is 1. The second kappa shape index (κ2) is 6.26. The van der Waals surface area contributed by atoms with Gasteiger partial charge in [0.05, 0.1) is 16.2 Å². The lowest BCUT2D eigenvalue weighted by molar-refractivity contribution is -0.119. The van der Waals surface area contributed by atoms with Crippen molar-refractivity contribution in [1.29, 1.82) is 0 Å². The number of amides is 1. The summed E-state index contributed by atoms with van der Waals surface area (Å²) in [6, 6.07) is 0.392. The summed E-state index contributed by atoms with van der Waals surface area (Å²) in [5.74, 6) is 0.576. The molecule has 1 heterocycles. The van der Waals surface area contributed by atoms with Crippen LogP contribution in [-0.4, -0.2) is 22.7 Å². The van der Waals surface area contributed by atoms with Gasteiger partial charge in [0, 0.05) is 6.04 Å². The van der Waals surface area contributed by atoms with Crippen LogP contribution in [0.25, 0.3) is 0 Å². The Hall–Kier alpha value is -0.750. The van der Waals surface area contributed by atoms with Crippen molar-refractivity contribution in [2.24, 2.45) is 0 Å². The van der Waals surface area contributed by atoms with Gasteiger partial charge < -0.3 is 11.1 Å². The molecule has 3 N–H and O–H groups in total. The molecule has 0 radical (unpaired) electrons. The second-order valence-electron chi connectivity index (χ2n) is 4.21. The summed E-state index contributed by atoms with van der Waals surface area (Å²) in [5, 5.41) is 3.64. The van der Waals surface area contributed by atoms with Crippen LogP contribution < -0.4 is 11.1 Å². The van der Waals surface area contributed by atoms with Crippen molar-refractivity contribution in [1.82, 2.24) is 10.3 Å². The van der Waals surface area contributed by atoms with Gasteiger partial charge in [-0.05, 0) is 12.8 Å². The number of nitrogens with two attached hydrogens (primary N) is 1. The number of carbonyl (C=O) groups excluding carboxylic acids is 1. The highest BCUT2D eigenvalue weighted by atomic mass is 32.2. The van der Waals surface area contributed by atoms with Gasteiger partial charge in [0.15, 0.2) is 5.13 Å². The van der Waals surface area contributed by atoms with Crippen LogP contribution in [0.3, 0.4) is 0 Å². The van der Waals surface area contributed by atoms with E-state index < -0.39 is 0 Å². The Morgan fingerprint density at radius 1 is 1.53 bits per heavy atom. The van der Waals surface area contributed by atoms with Gasteiger partial charge in [-0.25, -0.2) is 4.98 Å². The molecule has 0 atom stereocenters. The normalized spacial score (nSPS) is 16.9. The Morgan fingerprint density at radius 2 is 2.29 bits per heavy atom. The number of nitrogens with zero attached hydrogens (tertiary/aromatic N) is 1. The van der Waals surface area contributed by atoms with E-state index in [1.54, 1.807) is 6.20 Å². The fourth-order valence-corrected chi connectivity index (χ4v) is 3.56. The fraction of sp³-hybridized carbons (Fsp3) is 0.636. The minimum Gasteiger partial charge on any atom is -0.375 e. The number of hydrogen-bond donors (Lipinski definition) is 2. The first-order chi connectivity index (χ1) is 8.24. The van der Waals surface area contributed by atoms with Crippen LogP contribution in [0.15, 0.2) is 10.4 Å². The lowest BCUT2D eigenvalue weighted by Crippen LogP contribution is -2.37. The minimum absolute atomic E-state index is 0.119. The zero-order chi connectivity index (χ0) is 12.1. The minimum atomic E-state index is 0.119. The number of thiazole rings is 1. The van der Waals surface area contributed by atoms with E-state index in [1.807, 2.05) is 0 Å². The maximum atomic E-state index is 11.7. The molecule has 0 saturated heterocycles. The van der Waals surface area contributed by atoms with Gasteiger partial charge in [-0.2, -0.15) is 0 Å². The van der Waals surface area contributed by atoms with E-state index in [4.69, 9.17) is 5.73 Å². The lowest BCUT2D eigenvalue weighted by Gasteiger charge is -2.22. The van der Waals surface area contributed by atoms with Crippen molar-refractivity contribution in [2.45, 2.75) is 42.4 Å². The third-order valence-corrected chi connectivity index (χ3v) is 4.84. The van der Waals surface area contributed by atoms with Gasteiger partial charge in [-0.1, -0.05) is 30.6 Å². The number of aromatic nitrogens is 1. The molecule has 1 saturated carbocycles. The van der Waals surface area contributed by atoms with Crippen LogP contribution in [0.5, 0.6) is 0 Å². The van der Waals surface area contributed by atoms with E-state index in [-0.39, 0.29) is 5.91 Å². The van der Waals surface area contributed by atoms with E-state index in [0.717, 1.165) is 17.1 Å². The maximum Gasteiger partial charge on any atom is 0.230 e. The molecular weight excluding hydrogens is 254 g/mol. The molecule has 1 aromatic heterocycles. The summed E-state index contributed by atoms with van der Waals surface area (Å²) in [6.45, 7) is 0. The van der Waals surface area contributed by atoms with Crippen molar-refractivity contribution in [2.75, 3.05) is 11.5 Å². The Balaban J connectivity index is 1.70. The van der Waals surface area contributed by atoms with Crippen molar-refractivity contribution >= 4 is 34.1 Å². The van der Waals surface area contributed by atoms with E-state index in [0.29, 0.717) is 16.9 Å². The zero-order valence-electron chi connectivity index (χ0n) is 9.65. The number of carbonyl (C=O) groups is 1. The van der Waals surface area contributed by atoms with E-state index in [9.17, 15) is 4.79 Å². The third kappa shape index (κ3) is 4.20. The summed E-state index contributed by atoms with van der Waals surface area (Å²) in [7, 11) is 0. The topological polar surface area (TPSA) is 68.0 Å². The summed E-state index contributed by atoms with van der Waals surface area (Å²) in [4.78, 5) is 15.7. The SMILES string of the molecule is Nc1ncc(SCC(=O)NC2CCCCC2)s1. The molecule has 1 aromatic rings. The predicted octanol–water partition coefficient (Wildman–Crippen LogP) is 2.27. The van der Waals surface area contributed by atoms with Crippen molar-refractivity contribution < 1.29 is 4.79 Å². The molecule has 1 amide bonds.